The number of methoxy groups -OCH3 is 1. The number of pyridine rings is 1. The van der Waals surface area contributed by atoms with Crippen molar-refractivity contribution in [3.05, 3.63) is 29.0 Å². The fourth-order valence-electron chi connectivity index (χ4n) is 1.92. The van der Waals surface area contributed by atoms with E-state index in [9.17, 15) is 4.79 Å². The van der Waals surface area contributed by atoms with E-state index in [0.717, 1.165) is 25.9 Å². The SMILES string of the molecule is COCCC1(CNC(=O)c2ccnc(Cl)c2)CC1. The summed E-state index contributed by atoms with van der Waals surface area (Å²) in [5.74, 6) is -0.0945. The monoisotopic (exact) mass is 268 g/mol. The second-order valence-corrected chi connectivity index (χ2v) is 5.18. The molecule has 1 amide bonds. The van der Waals surface area contributed by atoms with Gasteiger partial charge in [0.25, 0.3) is 5.91 Å². The minimum atomic E-state index is -0.0945. The first kappa shape index (κ1) is 13.3. The second kappa shape index (κ2) is 5.67. The van der Waals surface area contributed by atoms with Crippen LogP contribution in [0.5, 0.6) is 0 Å². The van der Waals surface area contributed by atoms with E-state index in [0.29, 0.717) is 17.3 Å². The molecule has 0 aliphatic heterocycles. The lowest BCUT2D eigenvalue weighted by Crippen LogP contribution is -2.30. The van der Waals surface area contributed by atoms with Crippen molar-refractivity contribution in [1.29, 1.82) is 0 Å². The Labute approximate surface area is 112 Å². The Morgan fingerprint density at radius 3 is 3.00 bits per heavy atom. The van der Waals surface area contributed by atoms with E-state index >= 15 is 0 Å². The minimum Gasteiger partial charge on any atom is -0.385 e. The van der Waals surface area contributed by atoms with Crippen LogP contribution in [0.4, 0.5) is 0 Å². The lowest BCUT2D eigenvalue weighted by atomic mass is 10.0. The Kier molecular flexibility index (Phi) is 4.19. The number of halogens is 1. The molecule has 18 heavy (non-hydrogen) atoms. The highest BCUT2D eigenvalue weighted by Crippen LogP contribution is 2.48. The number of hydrogen-bond donors (Lipinski definition) is 1. The third kappa shape index (κ3) is 3.43. The van der Waals surface area contributed by atoms with Gasteiger partial charge in [-0.25, -0.2) is 4.98 Å². The van der Waals surface area contributed by atoms with Gasteiger partial charge < -0.3 is 10.1 Å². The molecule has 98 valence electrons. The molecule has 1 aromatic heterocycles. The average Bonchev–Trinajstić information content (AvgIpc) is 3.14. The van der Waals surface area contributed by atoms with Gasteiger partial charge >= 0.3 is 0 Å². The van der Waals surface area contributed by atoms with Crippen LogP contribution in [0.3, 0.4) is 0 Å². The van der Waals surface area contributed by atoms with Crippen molar-refractivity contribution in [3.63, 3.8) is 0 Å². The Bertz CT molecular complexity index is 433. The maximum atomic E-state index is 11.9. The Balaban J connectivity index is 1.85. The maximum absolute atomic E-state index is 11.9. The van der Waals surface area contributed by atoms with E-state index in [1.165, 1.54) is 6.20 Å². The smallest absolute Gasteiger partial charge is 0.251 e. The van der Waals surface area contributed by atoms with E-state index in [1.54, 1.807) is 19.2 Å². The number of aromatic nitrogens is 1. The molecule has 2 rings (SSSR count). The zero-order valence-corrected chi connectivity index (χ0v) is 11.2. The van der Waals surface area contributed by atoms with Gasteiger partial charge in [0.15, 0.2) is 0 Å². The summed E-state index contributed by atoms with van der Waals surface area (Å²) in [5, 5.41) is 3.29. The van der Waals surface area contributed by atoms with Crippen LogP contribution in [0.15, 0.2) is 18.3 Å². The van der Waals surface area contributed by atoms with E-state index in [2.05, 4.69) is 10.3 Å². The molecule has 0 atom stereocenters. The first-order valence-electron chi connectivity index (χ1n) is 6.04. The zero-order valence-electron chi connectivity index (χ0n) is 10.4. The molecule has 0 radical (unpaired) electrons. The molecule has 1 N–H and O–H groups in total. The van der Waals surface area contributed by atoms with Crippen molar-refractivity contribution in [2.75, 3.05) is 20.3 Å². The van der Waals surface area contributed by atoms with Crippen molar-refractivity contribution >= 4 is 17.5 Å². The van der Waals surface area contributed by atoms with Crippen molar-refractivity contribution in [1.82, 2.24) is 10.3 Å². The normalized spacial score (nSPS) is 16.3. The molecule has 0 saturated heterocycles. The van der Waals surface area contributed by atoms with Crippen LogP contribution in [0, 0.1) is 5.41 Å². The van der Waals surface area contributed by atoms with Crippen molar-refractivity contribution < 1.29 is 9.53 Å². The van der Waals surface area contributed by atoms with Gasteiger partial charge in [-0.15, -0.1) is 0 Å². The summed E-state index contributed by atoms with van der Waals surface area (Å²) in [6.45, 7) is 1.45. The van der Waals surface area contributed by atoms with Crippen LogP contribution >= 0.6 is 11.6 Å². The average molecular weight is 269 g/mol. The zero-order chi connectivity index (χ0) is 13.0. The molecule has 4 nitrogen and oxygen atoms in total. The number of carbonyl (C=O) groups is 1. The fourth-order valence-corrected chi connectivity index (χ4v) is 2.10. The molecule has 1 aromatic rings. The molecule has 1 aliphatic rings. The van der Waals surface area contributed by atoms with Gasteiger partial charge in [0.05, 0.1) is 0 Å². The summed E-state index contributed by atoms with van der Waals surface area (Å²) in [6.07, 6.45) is 4.86. The summed E-state index contributed by atoms with van der Waals surface area (Å²) < 4.78 is 5.09. The predicted octanol–water partition coefficient (Wildman–Crippen LogP) is 2.28. The molecular formula is C13H17ClN2O2. The van der Waals surface area contributed by atoms with Crippen LogP contribution in [0.2, 0.25) is 5.15 Å². The molecule has 1 aliphatic carbocycles. The van der Waals surface area contributed by atoms with E-state index in [4.69, 9.17) is 16.3 Å². The van der Waals surface area contributed by atoms with Crippen LogP contribution in [0.25, 0.3) is 0 Å². The molecule has 0 spiro atoms. The first-order chi connectivity index (χ1) is 8.65. The van der Waals surface area contributed by atoms with Gasteiger partial charge in [-0.05, 0) is 36.8 Å². The molecule has 1 saturated carbocycles. The Hall–Kier alpha value is -1.13. The first-order valence-corrected chi connectivity index (χ1v) is 6.42. The van der Waals surface area contributed by atoms with Gasteiger partial charge in [0, 0.05) is 32.0 Å². The topological polar surface area (TPSA) is 51.2 Å². The number of nitrogens with zero attached hydrogens (tertiary/aromatic N) is 1. The van der Waals surface area contributed by atoms with E-state index in [1.807, 2.05) is 0 Å². The van der Waals surface area contributed by atoms with E-state index < -0.39 is 0 Å². The van der Waals surface area contributed by atoms with Crippen LogP contribution in [-0.4, -0.2) is 31.2 Å². The highest BCUT2D eigenvalue weighted by atomic mass is 35.5. The summed E-state index contributed by atoms with van der Waals surface area (Å²) >= 11 is 5.75. The third-order valence-corrected chi connectivity index (χ3v) is 3.61. The number of amides is 1. The Morgan fingerprint density at radius 1 is 1.61 bits per heavy atom. The lowest BCUT2D eigenvalue weighted by molar-refractivity contribution is 0.0938. The molecule has 0 aromatic carbocycles. The van der Waals surface area contributed by atoms with Crippen LogP contribution < -0.4 is 5.32 Å². The van der Waals surface area contributed by atoms with Crippen LogP contribution in [-0.2, 0) is 4.74 Å². The summed E-state index contributed by atoms with van der Waals surface area (Å²) in [5.41, 5.74) is 0.806. The molecular weight excluding hydrogens is 252 g/mol. The summed E-state index contributed by atoms with van der Waals surface area (Å²) in [4.78, 5) is 15.8. The van der Waals surface area contributed by atoms with E-state index in [-0.39, 0.29) is 11.3 Å². The number of nitrogens with one attached hydrogen (secondary N) is 1. The van der Waals surface area contributed by atoms with Crippen molar-refractivity contribution in [3.8, 4) is 0 Å². The molecule has 5 heteroatoms. The van der Waals surface area contributed by atoms with Gasteiger partial charge in [-0.3, -0.25) is 4.79 Å². The summed E-state index contributed by atoms with van der Waals surface area (Å²) in [7, 11) is 1.70. The fraction of sp³-hybridized carbons (Fsp3) is 0.538. The summed E-state index contributed by atoms with van der Waals surface area (Å²) in [6, 6.07) is 3.24. The lowest BCUT2D eigenvalue weighted by Gasteiger charge is -2.15. The number of rotatable bonds is 6. The number of hydrogen-bond acceptors (Lipinski definition) is 3. The number of carbonyl (C=O) groups excluding carboxylic acids is 1. The standard InChI is InChI=1S/C13H17ClN2O2/c1-18-7-5-13(3-4-13)9-16-12(17)10-2-6-15-11(14)8-10/h2,6,8H,3-5,7,9H2,1H3,(H,16,17). The van der Waals surface area contributed by atoms with Gasteiger partial charge in [-0.2, -0.15) is 0 Å². The highest BCUT2D eigenvalue weighted by molar-refractivity contribution is 6.29. The second-order valence-electron chi connectivity index (χ2n) is 4.79. The Morgan fingerprint density at radius 2 is 2.39 bits per heavy atom. The van der Waals surface area contributed by atoms with Gasteiger partial charge in [0.1, 0.15) is 5.15 Å². The van der Waals surface area contributed by atoms with Crippen molar-refractivity contribution in [2.45, 2.75) is 19.3 Å². The quantitative estimate of drug-likeness (QED) is 0.806. The molecule has 0 bridgehead atoms. The van der Waals surface area contributed by atoms with Crippen molar-refractivity contribution in [2.24, 2.45) is 5.41 Å². The highest BCUT2D eigenvalue weighted by Gasteiger charge is 2.42. The maximum Gasteiger partial charge on any atom is 0.251 e. The molecule has 1 fully saturated rings. The predicted molar refractivity (Wildman–Crippen MR) is 69.7 cm³/mol. The molecule has 0 unspecified atom stereocenters. The third-order valence-electron chi connectivity index (χ3n) is 3.41. The van der Waals surface area contributed by atoms with Gasteiger partial charge in [0.2, 0.25) is 0 Å². The minimum absolute atomic E-state index is 0.0945. The largest absolute Gasteiger partial charge is 0.385 e. The van der Waals surface area contributed by atoms with Crippen LogP contribution in [0.1, 0.15) is 29.6 Å². The number of ether oxygens (including phenoxy) is 1. The van der Waals surface area contributed by atoms with Gasteiger partial charge in [-0.1, -0.05) is 11.6 Å². The molecule has 1 heterocycles.